The van der Waals surface area contributed by atoms with E-state index < -0.39 is 0 Å². The molecule has 2 rings (SSSR count). The SMILES string of the molecule is COc1csc(/C=C/c2ccccc2)n1. The third-order valence-corrected chi connectivity index (χ3v) is 2.72. The number of aromatic nitrogens is 1. The number of benzene rings is 1. The number of ether oxygens (including phenoxy) is 1. The summed E-state index contributed by atoms with van der Waals surface area (Å²) in [5.41, 5.74) is 1.17. The molecule has 1 heterocycles. The van der Waals surface area contributed by atoms with Crippen LogP contribution >= 0.6 is 11.3 Å². The van der Waals surface area contributed by atoms with Gasteiger partial charge in [-0.05, 0) is 11.6 Å². The molecular formula is C12H11NOS. The molecule has 0 saturated heterocycles. The van der Waals surface area contributed by atoms with Gasteiger partial charge in [-0.2, -0.15) is 0 Å². The van der Waals surface area contributed by atoms with Crippen LogP contribution in [0.4, 0.5) is 0 Å². The summed E-state index contributed by atoms with van der Waals surface area (Å²) in [6.45, 7) is 0. The van der Waals surface area contributed by atoms with Crippen LogP contribution in [-0.4, -0.2) is 12.1 Å². The average molecular weight is 217 g/mol. The number of hydrogen-bond acceptors (Lipinski definition) is 3. The van der Waals surface area contributed by atoms with Gasteiger partial charge in [-0.25, -0.2) is 4.98 Å². The average Bonchev–Trinajstić information content (AvgIpc) is 2.76. The van der Waals surface area contributed by atoms with Crippen molar-refractivity contribution in [1.82, 2.24) is 4.98 Å². The molecule has 0 amide bonds. The number of nitrogens with zero attached hydrogens (tertiary/aromatic N) is 1. The lowest BCUT2D eigenvalue weighted by molar-refractivity contribution is 0.400. The van der Waals surface area contributed by atoms with Gasteiger partial charge in [0.15, 0.2) is 0 Å². The quantitative estimate of drug-likeness (QED) is 0.786. The van der Waals surface area contributed by atoms with Crippen LogP contribution in [-0.2, 0) is 0 Å². The van der Waals surface area contributed by atoms with Crippen molar-refractivity contribution in [3.05, 3.63) is 46.3 Å². The van der Waals surface area contributed by atoms with Crippen molar-refractivity contribution < 1.29 is 4.74 Å². The van der Waals surface area contributed by atoms with E-state index in [9.17, 15) is 0 Å². The first-order valence-corrected chi connectivity index (χ1v) is 5.49. The Morgan fingerprint density at radius 1 is 1.20 bits per heavy atom. The van der Waals surface area contributed by atoms with Crippen LogP contribution in [0, 0.1) is 0 Å². The molecule has 0 spiro atoms. The summed E-state index contributed by atoms with van der Waals surface area (Å²) >= 11 is 1.57. The normalized spacial score (nSPS) is 10.7. The van der Waals surface area contributed by atoms with Gasteiger partial charge in [0.1, 0.15) is 5.01 Å². The number of rotatable bonds is 3. The molecule has 0 aliphatic rings. The van der Waals surface area contributed by atoms with E-state index in [1.165, 1.54) is 5.56 Å². The minimum absolute atomic E-state index is 0.674. The lowest BCUT2D eigenvalue weighted by Gasteiger charge is -1.90. The second kappa shape index (κ2) is 4.75. The monoisotopic (exact) mass is 217 g/mol. The Balaban J connectivity index is 2.11. The molecule has 1 aromatic heterocycles. The van der Waals surface area contributed by atoms with Crippen LogP contribution in [0.5, 0.6) is 5.88 Å². The van der Waals surface area contributed by atoms with Gasteiger partial charge in [0.05, 0.1) is 12.5 Å². The van der Waals surface area contributed by atoms with Crippen LogP contribution in [0.1, 0.15) is 10.6 Å². The highest BCUT2D eigenvalue weighted by atomic mass is 32.1. The Kier molecular flexibility index (Phi) is 3.15. The highest BCUT2D eigenvalue weighted by Gasteiger charge is 1.96. The summed E-state index contributed by atoms with van der Waals surface area (Å²) in [7, 11) is 1.62. The summed E-state index contributed by atoms with van der Waals surface area (Å²) in [5, 5.41) is 2.85. The van der Waals surface area contributed by atoms with Crippen LogP contribution in [0.25, 0.3) is 12.2 Å². The standard InChI is InChI=1S/C12H11NOS/c1-14-11-9-15-12(13-11)8-7-10-5-3-2-4-6-10/h2-9H,1H3/b8-7+. The molecule has 0 aliphatic carbocycles. The largest absolute Gasteiger partial charge is 0.480 e. The van der Waals surface area contributed by atoms with Crippen LogP contribution in [0.3, 0.4) is 0 Å². The van der Waals surface area contributed by atoms with E-state index in [-0.39, 0.29) is 0 Å². The van der Waals surface area contributed by atoms with Gasteiger partial charge in [0.25, 0.3) is 0 Å². The molecule has 0 N–H and O–H groups in total. The van der Waals surface area contributed by atoms with Gasteiger partial charge in [-0.15, -0.1) is 11.3 Å². The first-order valence-electron chi connectivity index (χ1n) is 4.61. The molecular weight excluding hydrogens is 206 g/mol. The predicted molar refractivity (Wildman–Crippen MR) is 64.0 cm³/mol. The van der Waals surface area contributed by atoms with E-state index in [4.69, 9.17) is 4.74 Å². The molecule has 0 atom stereocenters. The molecule has 3 heteroatoms. The van der Waals surface area contributed by atoms with Gasteiger partial charge < -0.3 is 4.74 Å². The molecule has 0 unspecified atom stereocenters. The molecule has 0 fully saturated rings. The van der Waals surface area contributed by atoms with Crippen molar-refractivity contribution >= 4 is 23.5 Å². The summed E-state index contributed by atoms with van der Waals surface area (Å²) in [6.07, 6.45) is 4.03. The zero-order valence-corrected chi connectivity index (χ0v) is 9.20. The molecule has 76 valence electrons. The van der Waals surface area contributed by atoms with Gasteiger partial charge >= 0.3 is 0 Å². The van der Waals surface area contributed by atoms with Crippen LogP contribution < -0.4 is 4.74 Å². The Morgan fingerprint density at radius 2 is 2.00 bits per heavy atom. The number of thiazole rings is 1. The molecule has 2 nitrogen and oxygen atoms in total. The summed E-state index contributed by atoms with van der Waals surface area (Å²) in [4.78, 5) is 4.25. The van der Waals surface area contributed by atoms with Gasteiger partial charge in [-0.1, -0.05) is 36.4 Å². The summed E-state index contributed by atoms with van der Waals surface area (Å²) < 4.78 is 5.01. The molecule has 0 bridgehead atoms. The minimum Gasteiger partial charge on any atom is -0.480 e. The molecule has 2 aromatic rings. The van der Waals surface area contributed by atoms with E-state index in [1.807, 2.05) is 35.7 Å². The first-order chi connectivity index (χ1) is 7.38. The van der Waals surface area contributed by atoms with Crippen molar-refractivity contribution in [3.63, 3.8) is 0 Å². The zero-order valence-electron chi connectivity index (χ0n) is 8.38. The number of hydrogen-bond donors (Lipinski definition) is 0. The molecule has 0 radical (unpaired) electrons. The molecule has 1 aromatic carbocycles. The minimum atomic E-state index is 0.674. The van der Waals surface area contributed by atoms with Gasteiger partial charge in [-0.3, -0.25) is 0 Å². The van der Waals surface area contributed by atoms with Gasteiger partial charge in [0, 0.05) is 0 Å². The lowest BCUT2D eigenvalue weighted by atomic mass is 10.2. The smallest absolute Gasteiger partial charge is 0.224 e. The maximum atomic E-state index is 5.01. The second-order valence-electron chi connectivity index (χ2n) is 2.97. The fourth-order valence-corrected chi connectivity index (χ4v) is 1.83. The Bertz CT molecular complexity index is 448. The maximum Gasteiger partial charge on any atom is 0.224 e. The Hall–Kier alpha value is -1.61. The highest BCUT2D eigenvalue weighted by molar-refractivity contribution is 7.10. The Labute approximate surface area is 92.9 Å². The molecule has 15 heavy (non-hydrogen) atoms. The lowest BCUT2D eigenvalue weighted by Crippen LogP contribution is -1.80. The van der Waals surface area contributed by atoms with Crippen molar-refractivity contribution in [3.8, 4) is 5.88 Å². The third kappa shape index (κ3) is 2.67. The fraction of sp³-hybridized carbons (Fsp3) is 0.0833. The maximum absolute atomic E-state index is 5.01. The highest BCUT2D eigenvalue weighted by Crippen LogP contribution is 2.18. The number of methoxy groups -OCH3 is 1. The first kappa shape index (κ1) is 9.93. The van der Waals surface area contributed by atoms with Crippen LogP contribution in [0.2, 0.25) is 0 Å². The van der Waals surface area contributed by atoms with Crippen LogP contribution in [0.15, 0.2) is 35.7 Å². The summed E-state index contributed by atoms with van der Waals surface area (Å²) in [5.74, 6) is 0.674. The molecule has 0 saturated carbocycles. The van der Waals surface area contributed by atoms with E-state index in [0.717, 1.165) is 5.01 Å². The topological polar surface area (TPSA) is 22.1 Å². The predicted octanol–water partition coefficient (Wildman–Crippen LogP) is 3.32. The van der Waals surface area contributed by atoms with Crippen molar-refractivity contribution in [2.24, 2.45) is 0 Å². The second-order valence-corrected chi connectivity index (χ2v) is 3.86. The van der Waals surface area contributed by atoms with Crippen molar-refractivity contribution in [2.75, 3.05) is 7.11 Å². The van der Waals surface area contributed by atoms with Crippen molar-refractivity contribution in [2.45, 2.75) is 0 Å². The third-order valence-electron chi connectivity index (χ3n) is 1.93. The molecule has 0 aliphatic heterocycles. The van der Waals surface area contributed by atoms with E-state index in [2.05, 4.69) is 17.1 Å². The Morgan fingerprint density at radius 3 is 2.67 bits per heavy atom. The van der Waals surface area contributed by atoms with Gasteiger partial charge in [0.2, 0.25) is 5.88 Å². The zero-order chi connectivity index (χ0) is 10.5. The van der Waals surface area contributed by atoms with E-state index >= 15 is 0 Å². The van der Waals surface area contributed by atoms with E-state index in [1.54, 1.807) is 18.4 Å². The van der Waals surface area contributed by atoms with E-state index in [0.29, 0.717) is 5.88 Å². The fourth-order valence-electron chi connectivity index (χ4n) is 1.17. The van der Waals surface area contributed by atoms with Crippen molar-refractivity contribution in [1.29, 1.82) is 0 Å². The summed E-state index contributed by atoms with van der Waals surface area (Å²) in [6, 6.07) is 10.1.